The zero-order valence-corrected chi connectivity index (χ0v) is 20.8. The van der Waals surface area contributed by atoms with Crippen LogP contribution in [0.25, 0.3) is 0 Å². The highest BCUT2D eigenvalue weighted by atomic mass is 16.5. The molecule has 4 aromatic carbocycles. The maximum Gasteiger partial charge on any atom is 0.266 e. The maximum absolute atomic E-state index is 13.3. The van der Waals surface area contributed by atoms with Crippen molar-refractivity contribution in [1.29, 1.82) is 0 Å². The van der Waals surface area contributed by atoms with E-state index in [0.29, 0.717) is 24.6 Å². The summed E-state index contributed by atoms with van der Waals surface area (Å²) >= 11 is 0. The minimum absolute atomic E-state index is 0.0796. The van der Waals surface area contributed by atoms with Crippen molar-refractivity contribution >= 4 is 11.8 Å². The molecule has 0 bridgehead atoms. The Hall–Kier alpha value is -4.58. The van der Waals surface area contributed by atoms with Crippen molar-refractivity contribution in [3.8, 4) is 11.5 Å². The second-order valence-electron chi connectivity index (χ2n) is 9.48. The van der Waals surface area contributed by atoms with Crippen LogP contribution in [0, 0.1) is 0 Å². The van der Waals surface area contributed by atoms with E-state index in [9.17, 15) is 9.59 Å². The van der Waals surface area contributed by atoms with Crippen molar-refractivity contribution in [3.63, 3.8) is 0 Å². The van der Waals surface area contributed by atoms with Crippen molar-refractivity contribution in [3.05, 3.63) is 132 Å². The average Bonchev–Trinajstić information content (AvgIpc) is 2.98. The number of carbonyl (C=O) groups excluding carboxylic acids is 2. The molecule has 0 aromatic heterocycles. The molecule has 2 fully saturated rings. The number of ether oxygens (including phenoxy) is 2. The zero-order chi connectivity index (χ0) is 25.9. The Morgan fingerprint density at radius 3 is 1.13 bits per heavy atom. The SMILES string of the molecule is O=C1[C@@H](Oc2ccccc2)[C@@H](c2ccccc2)N1CCN1C(=O)[C@@H](Oc2ccccc2)[C@H]1c1ccccc1. The predicted octanol–water partition coefficient (Wildman–Crippen LogP) is 5.05. The first kappa shape index (κ1) is 23.8. The molecule has 2 saturated heterocycles. The number of benzene rings is 4. The van der Waals surface area contributed by atoms with Crippen LogP contribution in [0.4, 0.5) is 0 Å². The number of carbonyl (C=O) groups is 2. The third kappa shape index (κ3) is 4.50. The monoisotopic (exact) mass is 504 g/mol. The standard InChI is InChI=1S/C32H28N2O4/c35-31-29(37-25-17-9-3-10-18-25)27(23-13-5-1-6-14-23)33(31)21-22-34-28(24-15-7-2-8-16-24)30(32(34)36)38-26-19-11-4-12-20-26/h1-20,27-30H,21-22H2/t27-,28-,29+,30+/m1/s1. The minimum Gasteiger partial charge on any atom is -0.478 e. The molecule has 0 saturated carbocycles. The second kappa shape index (κ2) is 10.4. The third-order valence-electron chi connectivity index (χ3n) is 7.17. The summed E-state index contributed by atoms with van der Waals surface area (Å²) in [6.45, 7) is 0.806. The van der Waals surface area contributed by atoms with Gasteiger partial charge in [-0.25, -0.2) is 0 Å². The zero-order valence-electron chi connectivity index (χ0n) is 20.8. The molecule has 6 heteroatoms. The van der Waals surface area contributed by atoms with Crippen LogP contribution in [-0.4, -0.2) is 46.9 Å². The number of amides is 2. The molecule has 0 N–H and O–H groups in total. The average molecular weight is 505 g/mol. The number of β-lactam (4-membered cyclic amide) rings is 2. The van der Waals surface area contributed by atoms with Gasteiger partial charge in [0, 0.05) is 13.1 Å². The van der Waals surface area contributed by atoms with Crippen LogP contribution in [0.15, 0.2) is 121 Å². The summed E-state index contributed by atoms with van der Waals surface area (Å²) in [5.41, 5.74) is 2.01. The van der Waals surface area contributed by atoms with Gasteiger partial charge in [0.2, 0.25) is 12.2 Å². The predicted molar refractivity (Wildman–Crippen MR) is 144 cm³/mol. The normalized spacial score (nSPS) is 22.4. The smallest absolute Gasteiger partial charge is 0.266 e. The lowest BCUT2D eigenvalue weighted by molar-refractivity contribution is -0.172. The van der Waals surface area contributed by atoms with Crippen LogP contribution in [0.1, 0.15) is 23.2 Å². The van der Waals surface area contributed by atoms with Gasteiger partial charge in [0.25, 0.3) is 11.8 Å². The Morgan fingerprint density at radius 2 is 0.789 bits per heavy atom. The van der Waals surface area contributed by atoms with E-state index < -0.39 is 12.2 Å². The number of rotatable bonds is 9. The number of para-hydroxylation sites is 2. The van der Waals surface area contributed by atoms with Gasteiger partial charge >= 0.3 is 0 Å². The molecular weight excluding hydrogens is 476 g/mol. The van der Waals surface area contributed by atoms with Crippen LogP contribution in [-0.2, 0) is 9.59 Å². The number of nitrogens with zero attached hydrogens (tertiary/aromatic N) is 2. The Labute approximate surface area is 222 Å². The van der Waals surface area contributed by atoms with Crippen molar-refractivity contribution in [2.24, 2.45) is 0 Å². The topological polar surface area (TPSA) is 59.1 Å². The van der Waals surface area contributed by atoms with Gasteiger partial charge in [-0.1, -0.05) is 97.1 Å². The molecular formula is C32H28N2O4. The quantitative estimate of drug-likeness (QED) is 0.300. The molecule has 2 heterocycles. The summed E-state index contributed by atoms with van der Waals surface area (Å²) in [5.74, 6) is 1.16. The van der Waals surface area contributed by atoms with E-state index in [0.717, 1.165) is 11.1 Å². The van der Waals surface area contributed by atoms with E-state index in [1.807, 2.05) is 131 Å². The Morgan fingerprint density at radius 1 is 0.474 bits per heavy atom. The molecule has 0 spiro atoms. The van der Waals surface area contributed by atoms with E-state index in [-0.39, 0.29) is 23.9 Å². The van der Waals surface area contributed by atoms with Crippen LogP contribution < -0.4 is 9.47 Å². The fraction of sp³-hybridized carbons (Fsp3) is 0.188. The highest BCUT2D eigenvalue weighted by Crippen LogP contribution is 2.40. The Kier molecular flexibility index (Phi) is 6.53. The first-order valence-corrected chi connectivity index (χ1v) is 12.8. The van der Waals surface area contributed by atoms with Crippen molar-refractivity contribution in [2.45, 2.75) is 24.3 Å². The molecule has 0 aliphatic carbocycles. The lowest BCUT2D eigenvalue weighted by atomic mass is 9.88. The van der Waals surface area contributed by atoms with Gasteiger partial charge in [-0.2, -0.15) is 0 Å². The molecule has 6 rings (SSSR count). The summed E-state index contributed by atoms with van der Waals surface area (Å²) in [6.07, 6.45) is -1.21. The fourth-order valence-corrected chi connectivity index (χ4v) is 5.28. The molecule has 4 atom stereocenters. The Balaban J connectivity index is 1.20. The number of likely N-dealkylation sites (tertiary alicyclic amines) is 2. The van der Waals surface area contributed by atoms with Crippen LogP contribution >= 0.6 is 0 Å². The minimum atomic E-state index is -0.606. The van der Waals surface area contributed by atoms with E-state index >= 15 is 0 Å². The van der Waals surface area contributed by atoms with Gasteiger partial charge in [0.1, 0.15) is 23.6 Å². The van der Waals surface area contributed by atoms with Gasteiger partial charge in [-0.05, 0) is 35.4 Å². The van der Waals surface area contributed by atoms with Gasteiger partial charge in [0.05, 0.1) is 0 Å². The van der Waals surface area contributed by atoms with Crippen molar-refractivity contribution < 1.29 is 19.1 Å². The summed E-state index contributed by atoms with van der Waals surface area (Å²) in [4.78, 5) is 30.2. The molecule has 190 valence electrons. The fourth-order valence-electron chi connectivity index (χ4n) is 5.28. The van der Waals surface area contributed by atoms with E-state index in [4.69, 9.17) is 9.47 Å². The molecule has 2 aliphatic heterocycles. The highest BCUT2D eigenvalue weighted by molar-refractivity contribution is 5.90. The maximum atomic E-state index is 13.3. The van der Waals surface area contributed by atoms with E-state index in [1.54, 1.807) is 0 Å². The van der Waals surface area contributed by atoms with Crippen LogP contribution in [0.2, 0.25) is 0 Å². The molecule has 2 amide bonds. The number of hydrogen-bond acceptors (Lipinski definition) is 4. The summed E-state index contributed by atoms with van der Waals surface area (Å²) in [7, 11) is 0. The largest absolute Gasteiger partial charge is 0.478 e. The lowest BCUT2D eigenvalue weighted by Crippen LogP contribution is -2.66. The van der Waals surface area contributed by atoms with Crippen LogP contribution in [0.5, 0.6) is 11.5 Å². The van der Waals surface area contributed by atoms with E-state index in [1.165, 1.54) is 0 Å². The van der Waals surface area contributed by atoms with Gasteiger partial charge in [0.15, 0.2) is 0 Å². The molecule has 2 aliphatic rings. The van der Waals surface area contributed by atoms with Gasteiger partial charge < -0.3 is 19.3 Å². The Bertz CT molecular complexity index is 1270. The molecule has 4 aromatic rings. The van der Waals surface area contributed by atoms with Gasteiger partial charge in [-0.15, -0.1) is 0 Å². The summed E-state index contributed by atoms with van der Waals surface area (Å²) in [5, 5.41) is 0. The lowest BCUT2D eigenvalue weighted by Gasteiger charge is -2.50. The molecule has 0 radical (unpaired) electrons. The van der Waals surface area contributed by atoms with Crippen molar-refractivity contribution in [2.75, 3.05) is 13.1 Å². The summed E-state index contributed by atoms with van der Waals surface area (Å²) < 4.78 is 12.2. The van der Waals surface area contributed by atoms with E-state index in [2.05, 4.69) is 0 Å². The molecule has 38 heavy (non-hydrogen) atoms. The van der Waals surface area contributed by atoms with Gasteiger partial charge in [-0.3, -0.25) is 9.59 Å². The highest BCUT2D eigenvalue weighted by Gasteiger charge is 2.53. The number of hydrogen-bond donors (Lipinski definition) is 0. The van der Waals surface area contributed by atoms with Crippen LogP contribution in [0.3, 0.4) is 0 Å². The first-order valence-electron chi connectivity index (χ1n) is 12.8. The first-order chi connectivity index (χ1) is 18.7. The second-order valence-corrected chi connectivity index (χ2v) is 9.48. The molecule has 6 nitrogen and oxygen atoms in total. The summed E-state index contributed by atoms with van der Waals surface area (Å²) in [6, 6.07) is 38.2. The third-order valence-corrected chi connectivity index (χ3v) is 7.17. The van der Waals surface area contributed by atoms with Crippen molar-refractivity contribution in [1.82, 2.24) is 9.80 Å². The molecule has 0 unspecified atom stereocenters.